The smallest absolute Gasteiger partial charge is 0.115 e. The van der Waals surface area contributed by atoms with Gasteiger partial charge in [-0.05, 0) is 83.2 Å². The molecule has 2 aromatic carbocycles. The van der Waals surface area contributed by atoms with Crippen LogP contribution in [0, 0.1) is 0 Å². The van der Waals surface area contributed by atoms with E-state index in [2.05, 4.69) is 47.8 Å². The van der Waals surface area contributed by atoms with Crippen molar-refractivity contribution in [1.29, 1.82) is 0 Å². The molecule has 0 saturated heterocycles. The largest absolute Gasteiger partial charge is 0.508 e. The lowest BCUT2D eigenvalue weighted by Gasteiger charge is -2.06. The fraction of sp³-hybridized carbons (Fsp3) is 0. The van der Waals surface area contributed by atoms with Crippen LogP contribution in [0.25, 0.3) is 11.1 Å². The number of hydrogen-bond acceptors (Lipinski definition) is 1. The summed E-state index contributed by atoms with van der Waals surface area (Å²) in [4.78, 5) is 0. The van der Waals surface area contributed by atoms with Gasteiger partial charge < -0.3 is 5.11 Å². The first-order chi connectivity index (χ1) is 7.58. The molecule has 0 unspecified atom stereocenters. The van der Waals surface area contributed by atoms with Crippen molar-refractivity contribution in [2.45, 2.75) is 0 Å². The molecule has 2 aromatic rings. The summed E-state index contributed by atoms with van der Waals surface area (Å²) in [6.45, 7) is 0. The average molecular weight is 407 g/mol. The molecule has 0 spiro atoms. The highest BCUT2D eigenvalue weighted by Gasteiger charge is 2.06. The number of hydrogen-bond donors (Lipinski definition) is 1. The highest BCUT2D eigenvalue weighted by molar-refractivity contribution is 9.14. The average Bonchev–Trinajstić information content (AvgIpc) is 2.26. The summed E-state index contributed by atoms with van der Waals surface area (Å²) in [5.41, 5.74) is 2.15. The van der Waals surface area contributed by atoms with Crippen LogP contribution in [-0.2, 0) is 0 Å². The number of aromatic hydroxyl groups is 1. The maximum atomic E-state index is 9.23. The first kappa shape index (κ1) is 12.1. The number of phenols is 1. The molecular weight excluding hydrogens is 400 g/mol. The molecule has 0 aliphatic heterocycles. The van der Waals surface area contributed by atoms with Gasteiger partial charge in [-0.25, -0.2) is 0 Å². The van der Waals surface area contributed by atoms with Crippen molar-refractivity contribution in [3.63, 3.8) is 0 Å². The van der Waals surface area contributed by atoms with Crippen molar-refractivity contribution in [2.75, 3.05) is 0 Å². The molecule has 0 saturated carbocycles. The van der Waals surface area contributed by atoms with Gasteiger partial charge in [0.2, 0.25) is 0 Å². The Hall–Kier alpha value is -0.320. The second-order valence-electron chi connectivity index (χ2n) is 3.30. The quantitative estimate of drug-likeness (QED) is 0.633. The van der Waals surface area contributed by atoms with Crippen molar-refractivity contribution in [2.24, 2.45) is 0 Å². The second-order valence-corrected chi connectivity index (χ2v) is 5.80. The van der Waals surface area contributed by atoms with E-state index in [4.69, 9.17) is 0 Å². The third kappa shape index (κ3) is 2.50. The van der Waals surface area contributed by atoms with Gasteiger partial charge in [0.25, 0.3) is 0 Å². The predicted molar refractivity (Wildman–Crippen MR) is 76.6 cm³/mol. The zero-order chi connectivity index (χ0) is 11.7. The Morgan fingerprint density at radius 1 is 0.750 bits per heavy atom. The molecular formula is C12H7Br3O. The molecule has 0 amide bonds. The lowest BCUT2D eigenvalue weighted by atomic mass is 10.1. The van der Waals surface area contributed by atoms with Gasteiger partial charge in [-0.3, -0.25) is 0 Å². The first-order valence-electron chi connectivity index (χ1n) is 4.52. The second kappa shape index (κ2) is 4.90. The van der Waals surface area contributed by atoms with E-state index in [0.717, 1.165) is 24.5 Å². The molecule has 2 rings (SSSR count). The van der Waals surface area contributed by atoms with Crippen LogP contribution in [0.15, 0.2) is 49.8 Å². The van der Waals surface area contributed by atoms with E-state index in [0.29, 0.717) is 0 Å². The summed E-state index contributed by atoms with van der Waals surface area (Å²) in [6.07, 6.45) is 0. The van der Waals surface area contributed by atoms with Gasteiger partial charge in [-0.15, -0.1) is 0 Å². The molecule has 0 bridgehead atoms. The van der Waals surface area contributed by atoms with Crippen LogP contribution < -0.4 is 0 Å². The number of phenolic OH excluding ortho intramolecular Hbond substituents is 1. The van der Waals surface area contributed by atoms with Crippen molar-refractivity contribution in [1.82, 2.24) is 0 Å². The highest BCUT2D eigenvalue weighted by atomic mass is 79.9. The topological polar surface area (TPSA) is 20.2 Å². The minimum atomic E-state index is 0.277. The van der Waals surface area contributed by atoms with Crippen LogP contribution in [0.5, 0.6) is 5.75 Å². The zero-order valence-corrected chi connectivity index (χ0v) is 12.8. The summed E-state index contributed by atoms with van der Waals surface area (Å²) >= 11 is 10.4. The van der Waals surface area contributed by atoms with Gasteiger partial charge >= 0.3 is 0 Å². The Balaban J connectivity index is 2.52. The fourth-order valence-electron chi connectivity index (χ4n) is 1.38. The van der Waals surface area contributed by atoms with Crippen LogP contribution >= 0.6 is 47.8 Å². The van der Waals surface area contributed by atoms with Crippen LogP contribution in [0.3, 0.4) is 0 Å². The molecule has 1 N–H and O–H groups in total. The standard InChI is InChI=1S/C12H7Br3O/c13-10-5-8(6-11(14)12(10)15)7-1-3-9(16)4-2-7/h1-6,16H. The molecule has 0 fully saturated rings. The van der Waals surface area contributed by atoms with Gasteiger partial charge in [0.05, 0.1) is 0 Å². The normalized spacial score (nSPS) is 10.4. The maximum Gasteiger partial charge on any atom is 0.115 e. The number of rotatable bonds is 1. The van der Waals surface area contributed by atoms with Crippen molar-refractivity contribution >= 4 is 47.8 Å². The molecule has 1 nitrogen and oxygen atoms in total. The lowest BCUT2D eigenvalue weighted by molar-refractivity contribution is 0.475. The van der Waals surface area contributed by atoms with Crippen molar-refractivity contribution in [3.05, 3.63) is 49.8 Å². The van der Waals surface area contributed by atoms with E-state index in [9.17, 15) is 5.11 Å². The van der Waals surface area contributed by atoms with Crippen LogP contribution in [0.1, 0.15) is 0 Å². The van der Waals surface area contributed by atoms with Crippen LogP contribution in [0.2, 0.25) is 0 Å². The van der Waals surface area contributed by atoms with Gasteiger partial charge in [0, 0.05) is 13.4 Å². The van der Waals surface area contributed by atoms with Gasteiger partial charge in [-0.2, -0.15) is 0 Å². The monoisotopic (exact) mass is 404 g/mol. The molecule has 0 aliphatic rings. The van der Waals surface area contributed by atoms with E-state index in [1.807, 2.05) is 24.3 Å². The summed E-state index contributed by atoms with van der Waals surface area (Å²) in [6, 6.07) is 11.2. The van der Waals surface area contributed by atoms with Crippen molar-refractivity contribution in [3.8, 4) is 16.9 Å². The minimum Gasteiger partial charge on any atom is -0.508 e. The van der Waals surface area contributed by atoms with E-state index < -0.39 is 0 Å². The molecule has 82 valence electrons. The SMILES string of the molecule is Oc1ccc(-c2cc(Br)c(Br)c(Br)c2)cc1. The molecule has 0 heterocycles. The summed E-state index contributed by atoms with van der Waals surface area (Å²) in [5.74, 6) is 0.277. The fourth-order valence-corrected chi connectivity index (χ4v) is 2.79. The summed E-state index contributed by atoms with van der Waals surface area (Å²) in [5, 5.41) is 9.23. The molecule has 0 atom stereocenters. The Morgan fingerprint density at radius 3 is 1.75 bits per heavy atom. The zero-order valence-electron chi connectivity index (χ0n) is 8.05. The van der Waals surface area contributed by atoms with Gasteiger partial charge in [0.15, 0.2) is 0 Å². The van der Waals surface area contributed by atoms with E-state index in [-0.39, 0.29) is 5.75 Å². The third-order valence-electron chi connectivity index (χ3n) is 2.18. The Bertz CT molecular complexity index is 497. The first-order valence-corrected chi connectivity index (χ1v) is 6.90. The Labute approximate surface area is 119 Å². The molecule has 0 aliphatic carbocycles. The van der Waals surface area contributed by atoms with Crippen molar-refractivity contribution < 1.29 is 5.11 Å². The van der Waals surface area contributed by atoms with E-state index >= 15 is 0 Å². The molecule has 4 heteroatoms. The minimum absolute atomic E-state index is 0.277. The van der Waals surface area contributed by atoms with E-state index in [1.54, 1.807) is 12.1 Å². The number of benzene rings is 2. The van der Waals surface area contributed by atoms with Crippen LogP contribution in [0.4, 0.5) is 0 Å². The van der Waals surface area contributed by atoms with Gasteiger partial charge in [-0.1, -0.05) is 12.1 Å². The van der Waals surface area contributed by atoms with Crippen LogP contribution in [-0.4, -0.2) is 5.11 Å². The molecule has 0 radical (unpaired) electrons. The maximum absolute atomic E-state index is 9.23. The Kier molecular flexibility index (Phi) is 3.72. The molecule has 16 heavy (non-hydrogen) atoms. The number of halogens is 3. The van der Waals surface area contributed by atoms with Gasteiger partial charge in [0.1, 0.15) is 5.75 Å². The summed E-state index contributed by atoms with van der Waals surface area (Å²) < 4.78 is 2.98. The third-order valence-corrected chi connectivity index (χ3v) is 5.35. The molecule has 0 aromatic heterocycles. The predicted octanol–water partition coefficient (Wildman–Crippen LogP) is 5.35. The Morgan fingerprint density at radius 2 is 1.25 bits per heavy atom. The van der Waals surface area contributed by atoms with E-state index in [1.165, 1.54) is 0 Å². The lowest BCUT2D eigenvalue weighted by Crippen LogP contribution is -1.80. The summed E-state index contributed by atoms with van der Waals surface area (Å²) in [7, 11) is 0. The highest BCUT2D eigenvalue weighted by Crippen LogP contribution is 2.35.